The van der Waals surface area contributed by atoms with Crippen LogP contribution >= 0.6 is 12.2 Å². The minimum absolute atomic E-state index is 0.103. The van der Waals surface area contributed by atoms with Crippen molar-refractivity contribution in [2.75, 3.05) is 0 Å². The van der Waals surface area contributed by atoms with Crippen LogP contribution in [-0.2, 0) is 0 Å². The van der Waals surface area contributed by atoms with Crippen LogP contribution in [0.4, 0.5) is 0 Å². The number of thiocarbonyl (C=S) groups is 1. The number of hydrogen-bond donors (Lipinski definition) is 2. The zero-order valence-corrected chi connectivity index (χ0v) is 7.05. The number of rotatable bonds is 0. The predicted molar refractivity (Wildman–Crippen MR) is 45.4 cm³/mol. The smallest absolute Gasteiger partial charge is 0.0666 e. The lowest BCUT2D eigenvalue weighted by Crippen LogP contribution is -2.40. The lowest BCUT2D eigenvalue weighted by atomic mass is 9.84. The fraction of sp³-hybridized carbons (Fsp3) is 0.875. The van der Waals surface area contributed by atoms with E-state index in [1.807, 2.05) is 0 Å². The molecule has 0 aromatic carbocycles. The van der Waals surface area contributed by atoms with Gasteiger partial charge in [0.15, 0.2) is 0 Å². The van der Waals surface area contributed by atoms with Gasteiger partial charge in [-0.3, -0.25) is 0 Å². The van der Waals surface area contributed by atoms with Gasteiger partial charge in [-0.1, -0.05) is 12.2 Å². The minimum Gasteiger partial charge on any atom is -0.392 e. The molecule has 3 heteroatoms. The van der Waals surface area contributed by atoms with Crippen molar-refractivity contribution in [2.24, 2.45) is 11.8 Å². The van der Waals surface area contributed by atoms with Gasteiger partial charge in [-0.15, -0.1) is 0 Å². The van der Waals surface area contributed by atoms with Crippen molar-refractivity contribution in [2.45, 2.75) is 31.5 Å². The van der Waals surface area contributed by atoms with E-state index in [2.05, 4.69) is 0 Å². The summed E-state index contributed by atoms with van der Waals surface area (Å²) in [5, 5.41) is 19.1. The molecule has 2 fully saturated rings. The van der Waals surface area contributed by atoms with Gasteiger partial charge in [0.05, 0.1) is 12.2 Å². The summed E-state index contributed by atoms with van der Waals surface area (Å²) in [6.07, 6.45) is 1.80. The molecule has 4 atom stereocenters. The Morgan fingerprint density at radius 3 is 2.73 bits per heavy atom. The fourth-order valence-electron chi connectivity index (χ4n) is 2.29. The third-order valence-corrected chi connectivity index (χ3v) is 3.45. The Morgan fingerprint density at radius 2 is 2.00 bits per heavy atom. The lowest BCUT2D eigenvalue weighted by Gasteiger charge is -2.30. The molecule has 0 aliphatic heterocycles. The normalized spacial score (nSPS) is 49.8. The van der Waals surface area contributed by atoms with Crippen LogP contribution in [0.1, 0.15) is 19.3 Å². The molecule has 2 bridgehead atoms. The molecule has 2 N–H and O–H groups in total. The first-order valence-electron chi connectivity index (χ1n) is 4.09. The van der Waals surface area contributed by atoms with E-state index in [1.54, 1.807) is 0 Å². The monoisotopic (exact) mass is 172 g/mol. The Hall–Kier alpha value is 0.01000. The highest BCUT2D eigenvalue weighted by Crippen LogP contribution is 2.40. The van der Waals surface area contributed by atoms with Crippen LogP contribution in [-0.4, -0.2) is 27.3 Å². The van der Waals surface area contributed by atoms with Gasteiger partial charge in [0.1, 0.15) is 0 Å². The standard InChI is InChI=1S/C8H12O2S/c9-6-3-7(11)5-2-1-4(6)8(5)10/h4-6,8-10H,1-3H2. The van der Waals surface area contributed by atoms with E-state index in [0.29, 0.717) is 6.42 Å². The second kappa shape index (κ2) is 2.51. The second-order valence-corrected chi connectivity index (χ2v) is 4.10. The summed E-state index contributed by atoms with van der Waals surface area (Å²) in [6, 6.07) is 0. The Balaban J connectivity index is 2.24. The van der Waals surface area contributed by atoms with Crippen LogP contribution in [0.25, 0.3) is 0 Å². The van der Waals surface area contributed by atoms with Crippen molar-refractivity contribution in [3.63, 3.8) is 0 Å². The highest BCUT2D eigenvalue weighted by Gasteiger charge is 2.45. The zero-order valence-electron chi connectivity index (χ0n) is 6.23. The van der Waals surface area contributed by atoms with Gasteiger partial charge in [-0.25, -0.2) is 0 Å². The molecule has 0 heterocycles. The molecular formula is C8H12O2S. The van der Waals surface area contributed by atoms with Crippen molar-refractivity contribution >= 4 is 17.1 Å². The van der Waals surface area contributed by atoms with Crippen LogP contribution in [0.15, 0.2) is 0 Å². The SMILES string of the molecule is OC1CC(=S)C2CCC1C2O. The number of aliphatic hydroxyl groups is 2. The molecule has 2 aliphatic rings. The quantitative estimate of drug-likeness (QED) is 0.523. The topological polar surface area (TPSA) is 40.5 Å². The molecule has 2 aliphatic carbocycles. The Bertz CT molecular complexity index is 193. The van der Waals surface area contributed by atoms with E-state index in [-0.39, 0.29) is 24.0 Å². The zero-order chi connectivity index (χ0) is 8.01. The molecule has 0 radical (unpaired) electrons. The summed E-state index contributed by atoms with van der Waals surface area (Å²) in [5.74, 6) is 0.310. The van der Waals surface area contributed by atoms with Crippen LogP contribution in [0.2, 0.25) is 0 Å². The molecule has 11 heavy (non-hydrogen) atoms. The van der Waals surface area contributed by atoms with Crippen molar-refractivity contribution in [3.05, 3.63) is 0 Å². The van der Waals surface area contributed by atoms with Gasteiger partial charge in [0.25, 0.3) is 0 Å². The Kier molecular flexibility index (Phi) is 1.74. The van der Waals surface area contributed by atoms with Crippen molar-refractivity contribution in [1.29, 1.82) is 0 Å². The maximum Gasteiger partial charge on any atom is 0.0666 e. The lowest BCUT2D eigenvalue weighted by molar-refractivity contribution is 0.0150. The Labute approximate surface area is 71.2 Å². The van der Waals surface area contributed by atoms with Gasteiger partial charge in [0, 0.05) is 23.1 Å². The van der Waals surface area contributed by atoms with E-state index >= 15 is 0 Å². The first-order chi connectivity index (χ1) is 5.20. The minimum atomic E-state index is -0.378. The highest BCUT2D eigenvalue weighted by molar-refractivity contribution is 7.80. The van der Waals surface area contributed by atoms with Crippen LogP contribution < -0.4 is 0 Å². The summed E-state index contributed by atoms with van der Waals surface area (Å²) in [5.41, 5.74) is 0. The Morgan fingerprint density at radius 1 is 1.27 bits per heavy atom. The second-order valence-electron chi connectivity index (χ2n) is 3.58. The first-order valence-corrected chi connectivity index (χ1v) is 4.50. The van der Waals surface area contributed by atoms with Crippen molar-refractivity contribution < 1.29 is 10.2 Å². The molecule has 0 amide bonds. The summed E-state index contributed by atoms with van der Waals surface area (Å²) in [7, 11) is 0. The maximum atomic E-state index is 9.60. The summed E-state index contributed by atoms with van der Waals surface area (Å²) in [4.78, 5) is 0.874. The van der Waals surface area contributed by atoms with E-state index in [0.717, 1.165) is 17.7 Å². The van der Waals surface area contributed by atoms with Crippen LogP contribution in [0, 0.1) is 11.8 Å². The van der Waals surface area contributed by atoms with Gasteiger partial charge in [-0.2, -0.15) is 0 Å². The van der Waals surface area contributed by atoms with Crippen LogP contribution in [0.3, 0.4) is 0 Å². The van der Waals surface area contributed by atoms with E-state index < -0.39 is 0 Å². The summed E-state index contributed by atoms with van der Waals surface area (Å²) >= 11 is 5.09. The fourth-order valence-corrected chi connectivity index (χ4v) is 2.72. The molecular weight excluding hydrogens is 160 g/mol. The number of fused-ring (bicyclic) bond motifs is 2. The third kappa shape index (κ3) is 1.03. The first kappa shape index (κ1) is 7.65. The molecule has 2 saturated carbocycles. The van der Waals surface area contributed by atoms with Gasteiger partial charge >= 0.3 is 0 Å². The molecule has 2 rings (SSSR count). The summed E-state index contributed by atoms with van der Waals surface area (Å²) in [6.45, 7) is 0. The molecule has 0 saturated heterocycles. The summed E-state index contributed by atoms with van der Waals surface area (Å²) < 4.78 is 0. The largest absolute Gasteiger partial charge is 0.392 e. The van der Waals surface area contributed by atoms with E-state index in [9.17, 15) is 10.2 Å². The van der Waals surface area contributed by atoms with Gasteiger partial charge in [-0.05, 0) is 12.8 Å². The molecule has 0 aromatic rings. The van der Waals surface area contributed by atoms with E-state index in [1.165, 1.54) is 0 Å². The number of aliphatic hydroxyl groups excluding tert-OH is 2. The van der Waals surface area contributed by atoms with Crippen molar-refractivity contribution in [3.8, 4) is 0 Å². The van der Waals surface area contributed by atoms with E-state index in [4.69, 9.17) is 12.2 Å². The molecule has 0 aromatic heterocycles. The number of hydrogen-bond acceptors (Lipinski definition) is 3. The molecule has 4 unspecified atom stereocenters. The average Bonchev–Trinajstić information content (AvgIpc) is 2.22. The van der Waals surface area contributed by atoms with Crippen LogP contribution in [0.5, 0.6) is 0 Å². The average molecular weight is 172 g/mol. The van der Waals surface area contributed by atoms with Gasteiger partial charge < -0.3 is 10.2 Å². The van der Waals surface area contributed by atoms with Crippen molar-refractivity contribution in [1.82, 2.24) is 0 Å². The van der Waals surface area contributed by atoms with Gasteiger partial charge in [0.2, 0.25) is 0 Å². The third-order valence-electron chi connectivity index (χ3n) is 2.98. The predicted octanol–water partition coefficient (Wildman–Crippen LogP) is 0.508. The highest BCUT2D eigenvalue weighted by atomic mass is 32.1. The molecule has 2 nitrogen and oxygen atoms in total. The molecule has 62 valence electrons. The molecule has 0 spiro atoms. The maximum absolute atomic E-state index is 9.60.